The van der Waals surface area contributed by atoms with Crippen LogP contribution in [-0.4, -0.2) is 31.5 Å². The van der Waals surface area contributed by atoms with Gasteiger partial charge in [0.2, 0.25) is 0 Å². The van der Waals surface area contributed by atoms with E-state index in [1.165, 1.54) is 11.8 Å². The summed E-state index contributed by atoms with van der Waals surface area (Å²) in [5, 5.41) is 1.13. The van der Waals surface area contributed by atoms with Crippen LogP contribution in [0.3, 0.4) is 0 Å². The lowest BCUT2D eigenvalue weighted by Gasteiger charge is -2.08. The molecule has 0 atom stereocenters. The van der Waals surface area contributed by atoms with Crippen molar-refractivity contribution in [2.45, 2.75) is 13.0 Å². The van der Waals surface area contributed by atoms with Crippen LogP contribution in [-0.2, 0) is 22.8 Å². The summed E-state index contributed by atoms with van der Waals surface area (Å²) in [4.78, 5) is 0. The van der Waals surface area contributed by atoms with Crippen molar-refractivity contribution in [1.29, 1.82) is 0 Å². The van der Waals surface area contributed by atoms with Gasteiger partial charge in [-0.25, -0.2) is 8.42 Å². The zero-order chi connectivity index (χ0) is 13.2. The largest absolute Gasteiger partial charge is 0.346 e. The Labute approximate surface area is 107 Å². The van der Waals surface area contributed by atoms with Crippen LogP contribution in [0.2, 0.25) is 0 Å². The summed E-state index contributed by atoms with van der Waals surface area (Å²) < 4.78 is 24.5. The van der Waals surface area contributed by atoms with E-state index in [-0.39, 0.29) is 5.75 Å². The lowest BCUT2D eigenvalue weighted by Crippen LogP contribution is -2.11. The fourth-order valence-electron chi connectivity index (χ4n) is 2.15. The second-order valence-electron chi connectivity index (χ2n) is 4.53. The van der Waals surface area contributed by atoms with Gasteiger partial charge in [0, 0.05) is 19.0 Å². The molecule has 5 heteroatoms. The molecule has 98 valence electrons. The third-order valence-electron chi connectivity index (χ3n) is 2.99. The number of sulfone groups is 1. The molecule has 0 aliphatic carbocycles. The summed E-state index contributed by atoms with van der Waals surface area (Å²) in [5.74, 6) is 0.160. The van der Waals surface area contributed by atoms with Gasteiger partial charge in [-0.15, -0.1) is 0 Å². The quantitative estimate of drug-likeness (QED) is 0.884. The number of rotatable bonds is 5. The first-order valence-electron chi connectivity index (χ1n) is 5.96. The maximum Gasteiger partial charge on any atom is 0.149 e. The van der Waals surface area contributed by atoms with Crippen molar-refractivity contribution in [1.82, 2.24) is 4.57 Å². The topological polar surface area (TPSA) is 65.1 Å². The van der Waals surface area contributed by atoms with E-state index in [0.29, 0.717) is 13.1 Å². The molecule has 0 spiro atoms. The van der Waals surface area contributed by atoms with Crippen LogP contribution in [0.25, 0.3) is 10.9 Å². The minimum atomic E-state index is -2.94. The van der Waals surface area contributed by atoms with Crippen LogP contribution >= 0.6 is 0 Å². The summed E-state index contributed by atoms with van der Waals surface area (Å²) in [6, 6.07) is 8.10. The molecule has 1 aromatic heterocycles. The summed E-state index contributed by atoms with van der Waals surface area (Å²) in [6.07, 6.45) is 4.01. The molecule has 0 aliphatic rings. The van der Waals surface area contributed by atoms with E-state index in [0.717, 1.165) is 17.3 Å². The Morgan fingerprint density at radius 1 is 1.28 bits per heavy atom. The molecule has 0 saturated carbocycles. The van der Waals surface area contributed by atoms with E-state index in [9.17, 15) is 8.42 Å². The molecular weight excluding hydrogens is 248 g/mol. The van der Waals surface area contributed by atoms with Crippen LogP contribution < -0.4 is 5.73 Å². The van der Waals surface area contributed by atoms with Gasteiger partial charge in [-0.05, 0) is 30.0 Å². The van der Waals surface area contributed by atoms with Gasteiger partial charge in [-0.1, -0.05) is 18.2 Å². The maximum atomic E-state index is 11.2. The van der Waals surface area contributed by atoms with Gasteiger partial charge in [0.15, 0.2) is 0 Å². The molecule has 4 nitrogen and oxygen atoms in total. The van der Waals surface area contributed by atoms with Crippen molar-refractivity contribution in [2.24, 2.45) is 5.73 Å². The highest BCUT2D eigenvalue weighted by atomic mass is 32.2. The van der Waals surface area contributed by atoms with Crippen LogP contribution in [0, 0.1) is 0 Å². The third kappa shape index (κ3) is 2.91. The Kier molecular flexibility index (Phi) is 3.73. The number of nitrogens with two attached hydrogens (primary N) is 1. The fourth-order valence-corrected chi connectivity index (χ4v) is 2.68. The van der Waals surface area contributed by atoms with E-state index < -0.39 is 9.84 Å². The highest BCUT2D eigenvalue weighted by Crippen LogP contribution is 2.20. The molecule has 18 heavy (non-hydrogen) atoms. The molecule has 1 aromatic carbocycles. The van der Waals surface area contributed by atoms with Crippen molar-refractivity contribution < 1.29 is 8.42 Å². The summed E-state index contributed by atoms with van der Waals surface area (Å²) in [6.45, 7) is 1.08. The molecular formula is C13H18N2O2S. The van der Waals surface area contributed by atoms with Crippen molar-refractivity contribution in [3.8, 4) is 0 Å². The number of hydrogen-bond acceptors (Lipinski definition) is 3. The number of benzene rings is 1. The molecule has 1 heterocycles. The van der Waals surface area contributed by atoms with E-state index in [1.54, 1.807) is 0 Å². The van der Waals surface area contributed by atoms with Crippen molar-refractivity contribution in [2.75, 3.05) is 18.6 Å². The highest BCUT2D eigenvalue weighted by Gasteiger charge is 2.08. The number of para-hydroxylation sites is 1. The SMILES string of the molecule is CS(=O)(=O)CCn1ccc2cccc(CCN)c21. The van der Waals surface area contributed by atoms with Crippen LogP contribution in [0.4, 0.5) is 0 Å². The Morgan fingerprint density at radius 3 is 2.72 bits per heavy atom. The molecule has 0 unspecified atom stereocenters. The minimum Gasteiger partial charge on any atom is -0.346 e. The number of hydrogen-bond donors (Lipinski definition) is 1. The second-order valence-corrected chi connectivity index (χ2v) is 6.79. The van der Waals surface area contributed by atoms with Crippen molar-refractivity contribution in [3.63, 3.8) is 0 Å². The summed E-state index contributed by atoms with van der Waals surface area (Å²) >= 11 is 0. The standard InChI is InChI=1S/C13H18N2O2S/c1-18(16,17)10-9-15-8-6-12-4-2-3-11(5-7-14)13(12)15/h2-4,6,8H,5,7,9-10,14H2,1H3. The average Bonchev–Trinajstić information content (AvgIpc) is 2.70. The first-order valence-corrected chi connectivity index (χ1v) is 8.02. The molecule has 2 N–H and O–H groups in total. The number of fused-ring (bicyclic) bond motifs is 1. The zero-order valence-corrected chi connectivity index (χ0v) is 11.3. The van der Waals surface area contributed by atoms with E-state index in [1.807, 2.05) is 35.0 Å². The fraction of sp³-hybridized carbons (Fsp3) is 0.385. The van der Waals surface area contributed by atoms with Crippen LogP contribution in [0.15, 0.2) is 30.5 Å². The molecule has 0 aliphatic heterocycles. The van der Waals surface area contributed by atoms with E-state index >= 15 is 0 Å². The summed E-state index contributed by atoms with van der Waals surface area (Å²) in [7, 11) is -2.94. The van der Waals surface area contributed by atoms with Gasteiger partial charge in [0.25, 0.3) is 0 Å². The lowest BCUT2D eigenvalue weighted by atomic mass is 10.1. The number of aromatic nitrogens is 1. The first kappa shape index (κ1) is 13.1. The predicted molar refractivity (Wildman–Crippen MR) is 74.4 cm³/mol. The molecule has 2 aromatic rings. The lowest BCUT2D eigenvalue weighted by molar-refractivity contribution is 0.596. The van der Waals surface area contributed by atoms with Gasteiger partial charge in [-0.3, -0.25) is 0 Å². The van der Waals surface area contributed by atoms with Crippen molar-refractivity contribution in [3.05, 3.63) is 36.0 Å². The van der Waals surface area contributed by atoms with Crippen molar-refractivity contribution >= 4 is 20.7 Å². The minimum absolute atomic E-state index is 0.160. The van der Waals surface area contributed by atoms with Crippen LogP contribution in [0.1, 0.15) is 5.56 Å². The molecule has 0 fully saturated rings. The van der Waals surface area contributed by atoms with Gasteiger partial charge < -0.3 is 10.3 Å². The first-order chi connectivity index (χ1) is 8.51. The predicted octanol–water partition coefficient (Wildman–Crippen LogP) is 1.19. The zero-order valence-electron chi connectivity index (χ0n) is 10.5. The van der Waals surface area contributed by atoms with E-state index in [2.05, 4.69) is 0 Å². The number of aryl methyl sites for hydroxylation is 1. The Morgan fingerprint density at radius 2 is 2.06 bits per heavy atom. The summed E-state index contributed by atoms with van der Waals surface area (Å²) in [5.41, 5.74) is 7.89. The van der Waals surface area contributed by atoms with E-state index in [4.69, 9.17) is 5.73 Å². The monoisotopic (exact) mass is 266 g/mol. The Hall–Kier alpha value is -1.33. The molecule has 0 bridgehead atoms. The second kappa shape index (κ2) is 5.12. The normalized spacial score (nSPS) is 12.1. The third-order valence-corrected chi connectivity index (χ3v) is 3.91. The van der Waals surface area contributed by atoms with Gasteiger partial charge in [0.1, 0.15) is 9.84 Å². The molecule has 0 amide bonds. The van der Waals surface area contributed by atoms with Gasteiger partial charge in [0.05, 0.1) is 11.3 Å². The Balaban J connectivity index is 2.39. The molecule has 0 radical (unpaired) electrons. The smallest absolute Gasteiger partial charge is 0.149 e. The molecule has 0 saturated heterocycles. The van der Waals surface area contributed by atoms with Gasteiger partial charge in [-0.2, -0.15) is 0 Å². The maximum absolute atomic E-state index is 11.2. The molecule has 2 rings (SSSR count). The average molecular weight is 266 g/mol. The highest BCUT2D eigenvalue weighted by molar-refractivity contribution is 7.90. The van der Waals surface area contributed by atoms with Crippen LogP contribution in [0.5, 0.6) is 0 Å². The van der Waals surface area contributed by atoms with Gasteiger partial charge >= 0.3 is 0 Å². The Bertz CT molecular complexity index is 644. The number of nitrogens with zero attached hydrogens (tertiary/aromatic N) is 1.